The van der Waals surface area contributed by atoms with Crippen LogP contribution in [0.25, 0.3) is 0 Å². The van der Waals surface area contributed by atoms with Gasteiger partial charge in [-0.3, -0.25) is 0 Å². The van der Waals surface area contributed by atoms with Gasteiger partial charge in [-0.1, -0.05) is 0 Å². The van der Waals surface area contributed by atoms with Crippen molar-refractivity contribution in [3.05, 3.63) is 0 Å². The molecule has 0 saturated carbocycles. The van der Waals surface area contributed by atoms with Crippen molar-refractivity contribution in [3.63, 3.8) is 0 Å². The molecule has 0 rings (SSSR count). The van der Waals surface area contributed by atoms with E-state index in [9.17, 15) is 0 Å². The number of hydrogen-bond acceptors (Lipinski definition) is 2. The highest BCUT2D eigenvalue weighted by Crippen LogP contribution is 1.28. The minimum absolute atomic E-state index is 1.31. The zero-order valence-corrected chi connectivity index (χ0v) is 2.36. The summed E-state index contributed by atoms with van der Waals surface area (Å²) in [5.41, 5.74) is 0. The molecule has 0 saturated heterocycles. The quantitative estimate of drug-likeness (QED) is 0.218. The number of rotatable bonds is 0. The highest BCUT2D eigenvalue weighted by Gasteiger charge is 1.29. The smallest absolute Gasteiger partial charge is 0.211 e. The van der Waals surface area contributed by atoms with Crippen LogP contribution in [0.4, 0.5) is 0 Å². The van der Waals surface area contributed by atoms with Gasteiger partial charge in [-0.15, -0.1) is 0 Å². The second-order valence-corrected chi connectivity index (χ2v) is 0.315. The monoisotopic (exact) mass is 58.0 g/mol. The maximum Gasteiger partial charge on any atom is 0.234 e. The van der Waals surface area contributed by atoms with Crippen molar-refractivity contribution in [3.8, 4) is 0 Å². The maximum atomic E-state index is 8.88. The molecule has 0 bridgehead atoms. The number of isocyanates is 1. The van der Waals surface area contributed by atoms with Crippen molar-refractivity contribution in [1.82, 2.24) is 0 Å². The first-order chi connectivity index (χ1) is 1.91. The third-order valence-electron chi connectivity index (χ3n) is 0.0913. The van der Waals surface area contributed by atoms with E-state index in [1.165, 1.54) is 13.1 Å². The molecule has 0 radical (unpaired) electrons. The van der Waals surface area contributed by atoms with Gasteiger partial charge in [0.1, 0.15) is 0 Å². The first-order valence-electron chi connectivity index (χ1n) is 0.875. The number of carbonyl (C=O) groups excluding carboxylic acids is 1. The highest BCUT2D eigenvalue weighted by molar-refractivity contribution is 5.32. The molecule has 0 fully saturated rings. The molecule has 4 heavy (non-hydrogen) atoms. The average Bonchev–Trinajstić information content (AvgIpc) is 1.37. The zero-order valence-electron chi connectivity index (χ0n) is 2.36. The Bertz CT molecular complexity index is 44.0. The van der Waals surface area contributed by atoms with Crippen molar-refractivity contribution in [2.24, 2.45) is 4.99 Å². The Hall–Kier alpha value is -0.620. The molecule has 0 unspecified atom stereocenters. The van der Waals surface area contributed by atoms with E-state index in [-0.39, 0.29) is 0 Å². The lowest BCUT2D eigenvalue weighted by atomic mass is 11.6. The fraction of sp³-hybridized carbons (Fsp3) is 0.500. The van der Waals surface area contributed by atoms with Crippen molar-refractivity contribution in [2.45, 2.75) is 0 Å². The van der Waals surface area contributed by atoms with E-state index in [0.29, 0.717) is 0 Å². The highest BCUT2D eigenvalue weighted by atomic mass is 16.1. The van der Waals surface area contributed by atoms with Crippen LogP contribution in [0.2, 0.25) is 0 Å². The molecule has 2 heteroatoms. The van der Waals surface area contributed by atoms with Gasteiger partial charge in [0.2, 0.25) is 6.08 Å². The fourth-order valence-corrected chi connectivity index (χ4v) is 0. The molecule has 0 aromatic rings. The average molecular weight is 58.0 g/mol. The molecule has 0 heterocycles. The summed E-state index contributed by atoms with van der Waals surface area (Å²) in [5.74, 6) is 0. The van der Waals surface area contributed by atoms with Crippen molar-refractivity contribution >= 4 is 6.08 Å². The van der Waals surface area contributed by atoms with Crippen LogP contribution in [0.5, 0.6) is 0 Å². The molecule has 0 spiro atoms. The van der Waals surface area contributed by atoms with E-state index in [0.717, 1.165) is 0 Å². The van der Waals surface area contributed by atoms with E-state index >= 15 is 0 Å². The van der Waals surface area contributed by atoms with Gasteiger partial charge in [-0.2, -0.15) is 0 Å². The maximum absolute atomic E-state index is 8.88. The molecule has 0 atom stereocenters. The van der Waals surface area contributed by atoms with E-state index in [1.807, 2.05) is 0 Å². The van der Waals surface area contributed by atoms with Crippen LogP contribution in [0.15, 0.2) is 4.99 Å². The second-order valence-electron chi connectivity index (χ2n) is 0.315. The third kappa shape index (κ3) is 1.38. The standard InChI is InChI=1S/C2H3NO/c1-3-2-4/h1H3/i1+1. The van der Waals surface area contributed by atoms with E-state index in [4.69, 9.17) is 4.79 Å². The lowest BCUT2D eigenvalue weighted by Gasteiger charge is -1.36. The summed E-state index contributed by atoms with van der Waals surface area (Å²) < 4.78 is 0. The third-order valence-corrected chi connectivity index (χ3v) is 0.0913. The predicted molar refractivity (Wildman–Crippen MR) is 14.0 cm³/mol. The zero-order chi connectivity index (χ0) is 3.41. The lowest BCUT2D eigenvalue weighted by molar-refractivity contribution is 0.564. The molecule has 0 aromatic heterocycles. The number of nitrogens with zero attached hydrogens (tertiary/aromatic N) is 1. The van der Waals surface area contributed by atoms with Gasteiger partial charge >= 0.3 is 0 Å². The fourth-order valence-electron chi connectivity index (χ4n) is 0. The van der Waals surface area contributed by atoms with Gasteiger partial charge in [0, 0.05) is 7.05 Å². The topological polar surface area (TPSA) is 29.4 Å². The molecule has 0 aliphatic carbocycles. The van der Waals surface area contributed by atoms with Gasteiger partial charge in [0.15, 0.2) is 0 Å². The van der Waals surface area contributed by atoms with Crippen molar-refractivity contribution in [2.75, 3.05) is 7.05 Å². The summed E-state index contributed by atoms with van der Waals surface area (Å²) in [6.45, 7) is 0. The second kappa shape index (κ2) is 2.38. The predicted octanol–water partition coefficient (Wildman–Crippen LogP) is -0.0480. The molecule has 2 nitrogen and oxygen atoms in total. The van der Waals surface area contributed by atoms with Gasteiger partial charge in [0.25, 0.3) is 0 Å². The molecular formula is C2H3NO. The summed E-state index contributed by atoms with van der Waals surface area (Å²) in [4.78, 5) is 11.8. The molecule has 0 aliphatic heterocycles. The molecule has 0 aliphatic rings. The summed E-state index contributed by atoms with van der Waals surface area (Å²) in [6.07, 6.45) is 1.31. The minimum atomic E-state index is 1.31. The summed E-state index contributed by atoms with van der Waals surface area (Å²) >= 11 is 0. The molecule has 0 N–H and O–H groups in total. The van der Waals surface area contributed by atoms with E-state index in [2.05, 4.69) is 4.99 Å². The van der Waals surface area contributed by atoms with Gasteiger partial charge in [-0.05, 0) is 0 Å². The summed E-state index contributed by atoms with van der Waals surface area (Å²) in [7, 11) is 1.38. The Kier molecular flexibility index (Phi) is 2.01. The van der Waals surface area contributed by atoms with Crippen molar-refractivity contribution in [1.29, 1.82) is 0 Å². The molecule has 0 aromatic carbocycles. The van der Waals surface area contributed by atoms with Crippen LogP contribution >= 0.6 is 0 Å². The SMILES string of the molecule is [13CH3]N=C=O. The van der Waals surface area contributed by atoms with Crippen LogP contribution in [-0.2, 0) is 4.79 Å². The van der Waals surface area contributed by atoms with Crippen LogP contribution < -0.4 is 0 Å². The molecule has 22 valence electrons. The van der Waals surface area contributed by atoms with Gasteiger partial charge < -0.3 is 0 Å². The molecule has 0 amide bonds. The van der Waals surface area contributed by atoms with Gasteiger partial charge in [0.05, 0.1) is 0 Å². The normalized spacial score (nSPS) is 4.25. The first-order valence-corrected chi connectivity index (χ1v) is 0.875. The van der Waals surface area contributed by atoms with Crippen LogP contribution in [-0.4, -0.2) is 13.1 Å². The largest absolute Gasteiger partial charge is 0.234 e. The minimum Gasteiger partial charge on any atom is -0.211 e. The first kappa shape index (κ1) is 3.38. The Labute approximate surface area is 24.2 Å². The summed E-state index contributed by atoms with van der Waals surface area (Å²) in [6, 6.07) is 0. The lowest BCUT2D eigenvalue weighted by Crippen LogP contribution is -1.38. The van der Waals surface area contributed by atoms with E-state index < -0.39 is 0 Å². The van der Waals surface area contributed by atoms with E-state index in [1.54, 1.807) is 0 Å². The van der Waals surface area contributed by atoms with Crippen molar-refractivity contribution < 1.29 is 4.79 Å². The molecular weight excluding hydrogens is 55.0 g/mol. The summed E-state index contributed by atoms with van der Waals surface area (Å²) in [5, 5.41) is 0. The Morgan fingerprint density at radius 1 is 2.00 bits per heavy atom. The Morgan fingerprint density at radius 3 is 2.25 bits per heavy atom. The Balaban J connectivity index is 3.11. The van der Waals surface area contributed by atoms with Crippen LogP contribution in [0.3, 0.4) is 0 Å². The van der Waals surface area contributed by atoms with Gasteiger partial charge in [-0.25, -0.2) is 9.79 Å². The van der Waals surface area contributed by atoms with Crippen LogP contribution in [0.1, 0.15) is 0 Å². The number of aliphatic imine (C=N–C) groups is 1. The van der Waals surface area contributed by atoms with Crippen LogP contribution in [0, 0.1) is 0 Å². The Morgan fingerprint density at radius 2 is 2.25 bits per heavy atom. The number of hydrogen-bond donors (Lipinski definition) is 0.